The zero-order valence-corrected chi connectivity index (χ0v) is 16.1. The number of hydrogen-bond acceptors (Lipinski definition) is 4. The molecule has 0 saturated carbocycles. The van der Waals surface area contributed by atoms with Crippen LogP contribution in [0.3, 0.4) is 0 Å². The van der Waals surface area contributed by atoms with Gasteiger partial charge in [-0.1, -0.05) is 25.1 Å². The summed E-state index contributed by atoms with van der Waals surface area (Å²) in [5, 5.41) is 3.13. The molecule has 1 saturated heterocycles. The maximum absolute atomic E-state index is 13.3. The number of carbonyl (C=O) groups excluding carboxylic acids is 1. The minimum atomic E-state index is -4.47. The molecule has 27 heavy (non-hydrogen) atoms. The first-order chi connectivity index (χ1) is 12.8. The molecule has 1 aromatic heterocycles. The van der Waals surface area contributed by atoms with Crippen LogP contribution in [-0.4, -0.2) is 41.5 Å². The molecule has 4 nitrogen and oxygen atoms in total. The van der Waals surface area contributed by atoms with E-state index in [1.54, 1.807) is 13.0 Å². The van der Waals surface area contributed by atoms with Crippen LogP contribution in [0.1, 0.15) is 40.7 Å². The summed E-state index contributed by atoms with van der Waals surface area (Å²) < 4.78 is 39.8. The fourth-order valence-electron chi connectivity index (χ4n) is 3.47. The van der Waals surface area contributed by atoms with Crippen molar-refractivity contribution in [2.75, 3.05) is 19.6 Å². The van der Waals surface area contributed by atoms with E-state index in [1.807, 2.05) is 0 Å². The normalized spacial score (nSPS) is 18.0. The highest BCUT2D eigenvalue weighted by atomic mass is 32.1. The molecule has 8 heteroatoms. The average Bonchev–Trinajstić information content (AvgIpc) is 3.25. The number of aryl methyl sites for hydroxylation is 1. The van der Waals surface area contributed by atoms with Gasteiger partial charge in [-0.3, -0.25) is 9.69 Å². The lowest BCUT2D eigenvalue weighted by Crippen LogP contribution is -2.39. The molecular weight excluding hydrogens is 375 g/mol. The number of halogens is 3. The number of hydrogen-bond donors (Lipinski definition) is 1. The summed E-state index contributed by atoms with van der Waals surface area (Å²) in [5.41, 5.74) is -0.288. The van der Waals surface area contributed by atoms with Gasteiger partial charge in [-0.05, 0) is 38.9 Å². The lowest BCUT2D eigenvalue weighted by molar-refractivity contribution is -0.137. The smallest absolute Gasteiger partial charge is 0.350 e. The lowest BCUT2D eigenvalue weighted by Gasteiger charge is -2.22. The largest absolute Gasteiger partial charge is 0.417 e. The van der Waals surface area contributed by atoms with E-state index in [9.17, 15) is 18.0 Å². The third-order valence-corrected chi connectivity index (χ3v) is 6.06. The Balaban J connectivity index is 1.78. The summed E-state index contributed by atoms with van der Waals surface area (Å²) in [6.07, 6.45) is -2.31. The number of amides is 1. The molecule has 1 amide bonds. The first kappa shape index (κ1) is 19.8. The van der Waals surface area contributed by atoms with E-state index in [0.717, 1.165) is 43.3 Å². The fraction of sp³-hybridized carbons (Fsp3) is 0.474. The van der Waals surface area contributed by atoms with E-state index in [4.69, 9.17) is 0 Å². The second-order valence-electron chi connectivity index (χ2n) is 6.61. The minimum Gasteiger partial charge on any atom is -0.350 e. The van der Waals surface area contributed by atoms with Crippen LogP contribution >= 0.6 is 11.3 Å². The van der Waals surface area contributed by atoms with Crippen molar-refractivity contribution < 1.29 is 18.0 Å². The van der Waals surface area contributed by atoms with Crippen LogP contribution in [-0.2, 0) is 6.18 Å². The number of carbonyl (C=O) groups is 1. The number of nitrogens with one attached hydrogen (secondary N) is 1. The maximum Gasteiger partial charge on any atom is 0.417 e. The van der Waals surface area contributed by atoms with E-state index in [2.05, 4.69) is 22.1 Å². The summed E-state index contributed by atoms with van der Waals surface area (Å²) in [6.45, 7) is 6.27. The molecule has 0 radical (unpaired) electrons. The summed E-state index contributed by atoms with van der Waals surface area (Å²) in [5.74, 6) is -0.274. The first-order valence-electron chi connectivity index (χ1n) is 8.97. The van der Waals surface area contributed by atoms with Crippen molar-refractivity contribution in [3.8, 4) is 10.6 Å². The van der Waals surface area contributed by atoms with Crippen LogP contribution in [0.2, 0.25) is 0 Å². The molecule has 0 bridgehead atoms. The molecule has 1 unspecified atom stereocenters. The number of likely N-dealkylation sites (N-methyl/N-ethyl adjacent to an activating group) is 1. The Morgan fingerprint density at radius 1 is 1.37 bits per heavy atom. The molecular formula is C19H22F3N3OS. The highest BCUT2D eigenvalue weighted by Crippen LogP contribution is 2.38. The number of thiazole rings is 1. The van der Waals surface area contributed by atoms with Crippen molar-refractivity contribution in [3.63, 3.8) is 0 Å². The van der Waals surface area contributed by atoms with Gasteiger partial charge >= 0.3 is 6.18 Å². The van der Waals surface area contributed by atoms with Crippen molar-refractivity contribution in [2.24, 2.45) is 0 Å². The molecule has 3 rings (SSSR count). The Morgan fingerprint density at radius 2 is 2.11 bits per heavy atom. The van der Waals surface area contributed by atoms with Crippen molar-refractivity contribution in [1.82, 2.24) is 15.2 Å². The fourth-order valence-corrected chi connectivity index (χ4v) is 4.49. The SMILES string of the molecule is CCN1CCCC1CNC(=O)c1sc(-c2ccccc2C(F)(F)F)nc1C. The van der Waals surface area contributed by atoms with Crippen LogP contribution in [0, 0.1) is 6.92 Å². The molecule has 1 atom stereocenters. The average molecular weight is 397 g/mol. The van der Waals surface area contributed by atoms with Crippen molar-refractivity contribution in [2.45, 2.75) is 38.9 Å². The summed E-state index contributed by atoms with van der Waals surface area (Å²) >= 11 is 1.00. The van der Waals surface area contributed by atoms with E-state index in [-0.39, 0.29) is 16.5 Å². The summed E-state index contributed by atoms with van der Waals surface area (Å²) in [4.78, 5) is 19.5. The molecule has 1 aliphatic heterocycles. The van der Waals surface area contributed by atoms with Gasteiger partial charge in [0, 0.05) is 18.2 Å². The van der Waals surface area contributed by atoms with Gasteiger partial charge in [-0.25, -0.2) is 4.98 Å². The van der Waals surface area contributed by atoms with Crippen LogP contribution in [0.15, 0.2) is 24.3 Å². The Labute approximate surface area is 160 Å². The van der Waals surface area contributed by atoms with Crippen LogP contribution in [0.5, 0.6) is 0 Å². The Kier molecular flexibility index (Phi) is 5.86. The van der Waals surface area contributed by atoms with Gasteiger partial charge < -0.3 is 5.32 Å². The monoisotopic (exact) mass is 397 g/mol. The third-order valence-electron chi connectivity index (χ3n) is 4.87. The van der Waals surface area contributed by atoms with E-state index in [1.165, 1.54) is 12.1 Å². The minimum absolute atomic E-state index is 0.00472. The van der Waals surface area contributed by atoms with Crippen LogP contribution < -0.4 is 5.32 Å². The second kappa shape index (κ2) is 7.98. The van der Waals surface area contributed by atoms with E-state index < -0.39 is 11.7 Å². The summed E-state index contributed by atoms with van der Waals surface area (Å²) in [7, 11) is 0. The first-order valence-corrected chi connectivity index (χ1v) is 9.79. The second-order valence-corrected chi connectivity index (χ2v) is 7.61. The number of aromatic nitrogens is 1. The molecule has 0 aliphatic carbocycles. The zero-order valence-electron chi connectivity index (χ0n) is 15.3. The van der Waals surface area contributed by atoms with Gasteiger partial charge in [0.05, 0.1) is 11.3 Å². The topological polar surface area (TPSA) is 45.2 Å². The number of rotatable bonds is 5. The van der Waals surface area contributed by atoms with Gasteiger partial charge in [0.2, 0.25) is 0 Å². The van der Waals surface area contributed by atoms with Crippen molar-refractivity contribution in [3.05, 3.63) is 40.4 Å². The van der Waals surface area contributed by atoms with E-state index in [0.29, 0.717) is 23.2 Å². The standard InChI is InChI=1S/C19H22F3N3OS/c1-3-25-10-6-7-13(25)11-23-17(26)16-12(2)24-18(27-16)14-8-4-5-9-15(14)19(20,21)22/h4-5,8-9,13H,3,6-7,10-11H2,1-2H3,(H,23,26). The molecule has 0 spiro atoms. The van der Waals surface area contributed by atoms with Gasteiger partial charge in [-0.2, -0.15) is 13.2 Å². The number of likely N-dealkylation sites (tertiary alicyclic amines) is 1. The van der Waals surface area contributed by atoms with Crippen LogP contribution in [0.4, 0.5) is 13.2 Å². The summed E-state index contributed by atoms with van der Waals surface area (Å²) in [6, 6.07) is 5.63. The molecule has 1 aliphatic rings. The van der Waals surface area contributed by atoms with Gasteiger partial charge in [0.15, 0.2) is 0 Å². The molecule has 1 fully saturated rings. The number of alkyl halides is 3. The number of benzene rings is 1. The van der Waals surface area contributed by atoms with E-state index >= 15 is 0 Å². The van der Waals surface area contributed by atoms with Crippen molar-refractivity contribution >= 4 is 17.2 Å². The Morgan fingerprint density at radius 3 is 2.81 bits per heavy atom. The molecule has 2 aromatic rings. The predicted molar refractivity (Wildman–Crippen MR) is 99.9 cm³/mol. The Hall–Kier alpha value is -1.93. The molecule has 1 aromatic carbocycles. The zero-order chi connectivity index (χ0) is 19.6. The lowest BCUT2D eigenvalue weighted by atomic mass is 10.1. The molecule has 2 heterocycles. The highest BCUT2D eigenvalue weighted by Gasteiger charge is 2.34. The Bertz CT molecular complexity index is 819. The number of nitrogens with zero attached hydrogens (tertiary/aromatic N) is 2. The van der Waals surface area contributed by atoms with Crippen molar-refractivity contribution in [1.29, 1.82) is 0 Å². The van der Waals surface area contributed by atoms with Gasteiger partial charge in [0.25, 0.3) is 5.91 Å². The van der Waals surface area contributed by atoms with Gasteiger partial charge in [0.1, 0.15) is 9.88 Å². The maximum atomic E-state index is 13.3. The molecule has 1 N–H and O–H groups in total. The molecule has 146 valence electrons. The van der Waals surface area contributed by atoms with Gasteiger partial charge in [-0.15, -0.1) is 11.3 Å². The predicted octanol–water partition coefficient (Wildman–Crippen LogP) is 4.35. The quantitative estimate of drug-likeness (QED) is 0.816. The third kappa shape index (κ3) is 4.32. The highest BCUT2D eigenvalue weighted by molar-refractivity contribution is 7.17. The van der Waals surface area contributed by atoms with Crippen LogP contribution in [0.25, 0.3) is 10.6 Å².